The maximum absolute atomic E-state index is 11.9. The van der Waals surface area contributed by atoms with Crippen LogP contribution in [0.2, 0.25) is 0 Å². The van der Waals surface area contributed by atoms with Gasteiger partial charge < -0.3 is 10.2 Å². The molecule has 0 aliphatic carbocycles. The molecule has 5 heteroatoms. The number of rotatable bonds is 4. The van der Waals surface area contributed by atoms with Crippen molar-refractivity contribution in [3.8, 4) is 0 Å². The predicted molar refractivity (Wildman–Crippen MR) is 79.6 cm³/mol. The van der Waals surface area contributed by atoms with Crippen molar-refractivity contribution in [2.75, 3.05) is 32.7 Å². The number of hydrogen-bond donors (Lipinski definition) is 1. The molecule has 1 fully saturated rings. The van der Waals surface area contributed by atoms with Crippen LogP contribution in [-0.2, 0) is 0 Å². The summed E-state index contributed by atoms with van der Waals surface area (Å²) in [6.45, 7) is 8.65. The van der Waals surface area contributed by atoms with Crippen LogP contribution in [0.15, 0.2) is 17.5 Å². The second-order valence-corrected chi connectivity index (χ2v) is 5.93. The lowest BCUT2D eigenvalue weighted by Crippen LogP contribution is -2.52. The number of nitrogens with one attached hydrogen (secondary N) is 1. The van der Waals surface area contributed by atoms with Crippen LogP contribution in [0.1, 0.15) is 31.2 Å². The molecule has 1 aliphatic rings. The third-order valence-electron chi connectivity index (χ3n) is 3.63. The van der Waals surface area contributed by atoms with E-state index in [1.165, 1.54) is 4.88 Å². The predicted octanol–water partition coefficient (Wildman–Crippen LogP) is 2.55. The van der Waals surface area contributed by atoms with E-state index in [1.807, 2.05) is 16.2 Å². The molecular formula is C14H23N3OS. The van der Waals surface area contributed by atoms with E-state index in [9.17, 15) is 4.79 Å². The lowest BCUT2D eigenvalue weighted by molar-refractivity contribution is 0.115. The SMILES string of the molecule is CCCNC(=O)N1CCN(C(C)c2cccs2)CC1. The Balaban J connectivity index is 1.80. The molecule has 2 heterocycles. The van der Waals surface area contributed by atoms with E-state index >= 15 is 0 Å². The summed E-state index contributed by atoms with van der Waals surface area (Å²) in [4.78, 5) is 17.6. The van der Waals surface area contributed by atoms with Crippen molar-refractivity contribution < 1.29 is 4.79 Å². The van der Waals surface area contributed by atoms with E-state index in [0.717, 1.165) is 39.1 Å². The number of carbonyl (C=O) groups is 1. The molecule has 1 unspecified atom stereocenters. The Morgan fingerprint density at radius 1 is 1.42 bits per heavy atom. The number of carbonyl (C=O) groups excluding carboxylic acids is 1. The first-order chi connectivity index (χ1) is 9.22. The maximum atomic E-state index is 11.9. The molecule has 2 rings (SSSR count). The molecule has 0 aromatic carbocycles. The number of hydrogen-bond acceptors (Lipinski definition) is 3. The van der Waals surface area contributed by atoms with Crippen LogP contribution >= 0.6 is 11.3 Å². The number of amides is 2. The smallest absolute Gasteiger partial charge is 0.317 e. The molecule has 1 saturated heterocycles. The molecule has 1 atom stereocenters. The number of nitrogens with zero attached hydrogens (tertiary/aromatic N) is 2. The van der Waals surface area contributed by atoms with E-state index in [2.05, 4.69) is 41.6 Å². The summed E-state index contributed by atoms with van der Waals surface area (Å²) in [7, 11) is 0. The normalized spacial score (nSPS) is 18.3. The monoisotopic (exact) mass is 281 g/mol. The molecule has 106 valence electrons. The van der Waals surface area contributed by atoms with Crippen LogP contribution in [0.5, 0.6) is 0 Å². The second-order valence-electron chi connectivity index (χ2n) is 4.95. The van der Waals surface area contributed by atoms with Crippen molar-refractivity contribution in [2.45, 2.75) is 26.3 Å². The van der Waals surface area contributed by atoms with E-state index in [1.54, 1.807) is 0 Å². The van der Waals surface area contributed by atoms with Gasteiger partial charge in [0.25, 0.3) is 0 Å². The molecule has 0 radical (unpaired) electrons. The Labute approximate surface area is 119 Å². The Morgan fingerprint density at radius 2 is 2.16 bits per heavy atom. The molecular weight excluding hydrogens is 258 g/mol. The third-order valence-corrected chi connectivity index (χ3v) is 4.67. The van der Waals surface area contributed by atoms with Crippen molar-refractivity contribution in [2.24, 2.45) is 0 Å². The van der Waals surface area contributed by atoms with Crippen molar-refractivity contribution in [3.63, 3.8) is 0 Å². The van der Waals surface area contributed by atoms with Gasteiger partial charge in [0.05, 0.1) is 0 Å². The first-order valence-electron chi connectivity index (χ1n) is 7.02. The average molecular weight is 281 g/mol. The zero-order valence-electron chi connectivity index (χ0n) is 11.8. The van der Waals surface area contributed by atoms with Gasteiger partial charge in [0.15, 0.2) is 0 Å². The van der Waals surface area contributed by atoms with Crippen LogP contribution in [0.3, 0.4) is 0 Å². The zero-order valence-corrected chi connectivity index (χ0v) is 12.6. The highest BCUT2D eigenvalue weighted by Crippen LogP contribution is 2.25. The highest BCUT2D eigenvalue weighted by molar-refractivity contribution is 7.10. The first kappa shape index (κ1) is 14.3. The third kappa shape index (κ3) is 3.70. The van der Waals surface area contributed by atoms with E-state index in [-0.39, 0.29) is 6.03 Å². The highest BCUT2D eigenvalue weighted by atomic mass is 32.1. The van der Waals surface area contributed by atoms with Crippen molar-refractivity contribution in [3.05, 3.63) is 22.4 Å². The topological polar surface area (TPSA) is 35.6 Å². The van der Waals surface area contributed by atoms with Gasteiger partial charge in [-0.25, -0.2) is 4.79 Å². The van der Waals surface area contributed by atoms with Crippen LogP contribution in [0, 0.1) is 0 Å². The average Bonchev–Trinajstić information content (AvgIpc) is 2.98. The minimum atomic E-state index is 0.0882. The molecule has 1 aromatic heterocycles. The molecule has 19 heavy (non-hydrogen) atoms. The van der Waals surface area contributed by atoms with Gasteiger partial charge in [0, 0.05) is 43.6 Å². The molecule has 0 bridgehead atoms. The molecule has 0 saturated carbocycles. The minimum absolute atomic E-state index is 0.0882. The Morgan fingerprint density at radius 3 is 2.74 bits per heavy atom. The number of thiophene rings is 1. The molecule has 1 aromatic rings. The summed E-state index contributed by atoms with van der Waals surface area (Å²) in [5.41, 5.74) is 0. The fourth-order valence-electron chi connectivity index (χ4n) is 2.36. The summed E-state index contributed by atoms with van der Waals surface area (Å²) >= 11 is 1.81. The quantitative estimate of drug-likeness (QED) is 0.920. The Hall–Kier alpha value is -1.07. The van der Waals surface area contributed by atoms with Gasteiger partial charge in [-0.15, -0.1) is 11.3 Å². The van der Waals surface area contributed by atoms with Gasteiger partial charge in [-0.3, -0.25) is 4.90 Å². The van der Waals surface area contributed by atoms with E-state index in [4.69, 9.17) is 0 Å². The minimum Gasteiger partial charge on any atom is -0.338 e. The highest BCUT2D eigenvalue weighted by Gasteiger charge is 2.24. The molecule has 4 nitrogen and oxygen atoms in total. The standard InChI is InChI=1S/C14H23N3OS/c1-3-6-15-14(18)17-9-7-16(8-10-17)12(2)13-5-4-11-19-13/h4-5,11-12H,3,6-10H2,1-2H3,(H,15,18). The first-order valence-corrected chi connectivity index (χ1v) is 7.90. The van der Waals surface area contributed by atoms with Gasteiger partial charge in [-0.1, -0.05) is 13.0 Å². The van der Waals surface area contributed by atoms with Crippen molar-refractivity contribution in [1.29, 1.82) is 0 Å². The summed E-state index contributed by atoms with van der Waals surface area (Å²) in [6, 6.07) is 4.84. The maximum Gasteiger partial charge on any atom is 0.317 e. The van der Waals surface area contributed by atoms with E-state index < -0.39 is 0 Å². The Bertz CT molecular complexity index is 385. The summed E-state index contributed by atoms with van der Waals surface area (Å²) in [5.74, 6) is 0. The Kier molecular flexibility index (Phi) is 5.22. The molecule has 1 N–H and O–H groups in total. The van der Waals surface area contributed by atoms with Crippen LogP contribution < -0.4 is 5.32 Å². The van der Waals surface area contributed by atoms with Crippen molar-refractivity contribution in [1.82, 2.24) is 15.1 Å². The summed E-state index contributed by atoms with van der Waals surface area (Å²) in [6.07, 6.45) is 0.987. The number of piperazine rings is 1. The number of urea groups is 1. The largest absolute Gasteiger partial charge is 0.338 e. The van der Waals surface area contributed by atoms with Gasteiger partial charge in [0.1, 0.15) is 0 Å². The molecule has 1 aliphatic heterocycles. The zero-order chi connectivity index (χ0) is 13.7. The van der Waals surface area contributed by atoms with Crippen LogP contribution in [-0.4, -0.2) is 48.6 Å². The lowest BCUT2D eigenvalue weighted by Gasteiger charge is -2.37. The van der Waals surface area contributed by atoms with Crippen LogP contribution in [0.25, 0.3) is 0 Å². The molecule has 0 spiro atoms. The second kappa shape index (κ2) is 6.91. The molecule has 2 amide bonds. The summed E-state index contributed by atoms with van der Waals surface area (Å²) in [5, 5.41) is 5.07. The van der Waals surface area contributed by atoms with Gasteiger partial charge in [-0.05, 0) is 24.8 Å². The van der Waals surface area contributed by atoms with Gasteiger partial charge in [-0.2, -0.15) is 0 Å². The van der Waals surface area contributed by atoms with E-state index in [0.29, 0.717) is 6.04 Å². The lowest BCUT2D eigenvalue weighted by atomic mass is 10.2. The summed E-state index contributed by atoms with van der Waals surface area (Å²) < 4.78 is 0. The van der Waals surface area contributed by atoms with Crippen LogP contribution in [0.4, 0.5) is 4.79 Å². The van der Waals surface area contributed by atoms with Gasteiger partial charge >= 0.3 is 6.03 Å². The van der Waals surface area contributed by atoms with Gasteiger partial charge in [0.2, 0.25) is 0 Å². The van der Waals surface area contributed by atoms with Crippen molar-refractivity contribution >= 4 is 17.4 Å². The fourth-order valence-corrected chi connectivity index (χ4v) is 3.18. The fraction of sp³-hybridized carbons (Fsp3) is 0.643.